The molecule has 0 saturated carbocycles. The highest BCUT2D eigenvalue weighted by Gasteiger charge is 2.26. The van der Waals surface area contributed by atoms with E-state index in [1.165, 1.54) is 27.8 Å². The van der Waals surface area contributed by atoms with Gasteiger partial charge in [0.2, 0.25) is 0 Å². The van der Waals surface area contributed by atoms with Crippen molar-refractivity contribution in [2.75, 3.05) is 50.0 Å². The predicted octanol–water partition coefficient (Wildman–Crippen LogP) is 4.73. The van der Waals surface area contributed by atoms with Gasteiger partial charge in [-0.2, -0.15) is 0 Å². The van der Waals surface area contributed by atoms with Crippen LogP contribution in [0.15, 0.2) is 77.7 Å². The maximum Gasteiger partial charge on any atom is 0.264 e. The fourth-order valence-electron chi connectivity index (χ4n) is 3.91. The number of sulfonamides is 1. The van der Waals surface area contributed by atoms with E-state index in [0.717, 1.165) is 4.70 Å². The topological polar surface area (TPSA) is 83.1 Å². The van der Waals surface area contributed by atoms with E-state index in [2.05, 4.69) is 0 Å². The lowest BCUT2D eigenvalue weighted by atomic mass is 10.2. The first kappa shape index (κ1) is 26.6. The minimum Gasteiger partial charge on any atom is -0.494 e. The van der Waals surface area contributed by atoms with Crippen LogP contribution in [0.2, 0.25) is 0 Å². The smallest absolute Gasteiger partial charge is 0.264 e. The number of nitrogens with zero attached hydrogens (tertiary/aromatic N) is 4. The van der Waals surface area contributed by atoms with Crippen LogP contribution in [0.25, 0.3) is 10.2 Å². The lowest BCUT2D eigenvalue weighted by Crippen LogP contribution is -2.36. The minimum absolute atomic E-state index is 0.124. The molecule has 8 nitrogen and oxygen atoms in total. The number of likely N-dealkylation sites (N-methyl/N-ethyl adjacent to an activating group) is 1. The van der Waals surface area contributed by atoms with E-state index in [9.17, 15) is 13.2 Å². The zero-order chi connectivity index (χ0) is 26.6. The summed E-state index contributed by atoms with van der Waals surface area (Å²) in [5, 5.41) is 0.560. The van der Waals surface area contributed by atoms with Crippen molar-refractivity contribution in [3.05, 3.63) is 78.4 Å². The van der Waals surface area contributed by atoms with Crippen molar-refractivity contribution < 1.29 is 17.9 Å². The zero-order valence-electron chi connectivity index (χ0n) is 21.3. The van der Waals surface area contributed by atoms with Gasteiger partial charge in [0.05, 0.1) is 22.4 Å². The van der Waals surface area contributed by atoms with Crippen LogP contribution in [-0.2, 0) is 10.0 Å². The molecule has 0 saturated heterocycles. The van der Waals surface area contributed by atoms with Gasteiger partial charge in [-0.3, -0.25) is 14.0 Å². The Kier molecular flexibility index (Phi) is 8.11. The largest absolute Gasteiger partial charge is 0.494 e. The Bertz CT molecular complexity index is 1470. The second kappa shape index (κ2) is 11.3. The number of hydrogen-bond donors (Lipinski definition) is 0. The Morgan fingerprint density at radius 2 is 1.65 bits per heavy atom. The number of fused-ring (bicyclic) bond motifs is 1. The molecule has 0 bridgehead atoms. The summed E-state index contributed by atoms with van der Waals surface area (Å²) < 4.78 is 34.4. The number of carbonyl (C=O) groups is 1. The van der Waals surface area contributed by atoms with Crippen molar-refractivity contribution in [3.63, 3.8) is 0 Å². The number of benzene rings is 3. The van der Waals surface area contributed by atoms with Crippen LogP contribution in [0.4, 0.5) is 10.8 Å². The molecule has 0 radical (unpaired) electrons. The zero-order valence-corrected chi connectivity index (χ0v) is 22.9. The first-order valence-corrected chi connectivity index (χ1v) is 14.1. The lowest BCUT2D eigenvalue weighted by Gasteiger charge is -2.24. The third-order valence-electron chi connectivity index (χ3n) is 5.86. The third-order valence-corrected chi connectivity index (χ3v) is 8.82. The number of methoxy groups -OCH3 is 1. The second-order valence-corrected chi connectivity index (χ2v) is 11.5. The first-order valence-electron chi connectivity index (χ1n) is 11.8. The van der Waals surface area contributed by atoms with Gasteiger partial charge in [-0.25, -0.2) is 13.4 Å². The molecule has 4 aromatic rings. The van der Waals surface area contributed by atoms with E-state index in [4.69, 9.17) is 9.72 Å². The van der Waals surface area contributed by atoms with Crippen LogP contribution in [0.3, 0.4) is 0 Å². The van der Waals surface area contributed by atoms with Crippen LogP contribution in [0.5, 0.6) is 5.75 Å². The van der Waals surface area contributed by atoms with Gasteiger partial charge in [0.15, 0.2) is 5.13 Å². The van der Waals surface area contributed by atoms with Crippen LogP contribution >= 0.6 is 11.3 Å². The summed E-state index contributed by atoms with van der Waals surface area (Å²) in [6, 6.07) is 20.7. The second-order valence-electron chi connectivity index (χ2n) is 8.59. The molecule has 4 rings (SSSR count). The molecule has 0 aliphatic rings. The first-order chi connectivity index (χ1) is 17.8. The molecular formula is C27H30N4O4S2. The molecule has 1 heterocycles. The average molecular weight is 539 g/mol. The Labute approximate surface area is 221 Å². The predicted molar refractivity (Wildman–Crippen MR) is 149 cm³/mol. The molecule has 0 unspecified atom stereocenters. The van der Waals surface area contributed by atoms with Gasteiger partial charge in [-0.15, -0.1) is 0 Å². The SMILES string of the molecule is CCN(c1ccccc1)S(=O)(=O)c1ccc(C(=O)N(CCN(C)C)c2nc3c(OC)cccc3s2)cc1. The van der Waals surface area contributed by atoms with Crippen molar-refractivity contribution in [2.24, 2.45) is 0 Å². The summed E-state index contributed by atoms with van der Waals surface area (Å²) >= 11 is 1.41. The summed E-state index contributed by atoms with van der Waals surface area (Å²) in [5.74, 6) is 0.396. The van der Waals surface area contributed by atoms with Crippen LogP contribution in [0.1, 0.15) is 17.3 Å². The molecule has 0 N–H and O–H groups in total. The lowest BCUT2D eigenvalue weighted by molar-refractivity contribution is 0.0985. The highest BCUT2D eigenvalue weighted by molar-refractivity contribution is 7.92. The number of ether oxygens (including phenoxy) is 1. The Hall–Kier alpha value is -3.47. The van der Waals surface area contributed by atoms with Gasteiger partial charge < -0.3 is 9.64 Å². The number of aromatic nitrogens is 1. The molecule has 0 aliphatic carbocycles. The van der Waals surface area contributed by atoms with Crippen molar-refractivity contribution in [2.45, 2.75) is 11.8 Å². The molecule has 3 aromatic carbocycles. The van der Waals surface area contributed by atoms with Gasteiger partial charge in [0.1, 0.15) is 11.3 Å². The van der Waals surface area contributed by atoms with E-state index < -0.39 is 10.0 Å². The van der Waals surface area contributed by atoms with Crippen molar-refractivity contribution in [3.8, 4) is 5.75 Å². The molecule has 0 spiro atoms. The maximum atomic E-state index is 13.6. The fraction of sp³-hybridized carbons (Fsp3) is 0.259. The highest BCUT2D eigenvalue weighted by Crippen LogP contribution is 2.34. The van der Waals surface area contributed by atoms with E-state index in [-0.39, 0.29) is 17.3 Å². The minimum atomic E-state index is -3.79. The summed E-state index contributed by atoms with van der Waals surface area (Å²) in [6.07, 6.45) is 0. The van der Waals surface area contributed by atoms with Crippen molar-refractivity contribution in [1.29, 1.82) is 0 Å². The number of carbonyl (C=O) groups excluding carboxylic acids is 1. The summed E-state index contributed by atoms with van der Waals surface area (Å²) in [7, 11) is 1.69. The Balaban J connectivity index is 1.65. The molecule has 1 amide bonds. The monoisotopic (exact) mass is 538 g/mol. The van der Waals surface area contributed by atoms with Crippen molar-refractivity contribution in [1.82, 2.24) is 9.88 Å². The molecule has 0 aliphatic heterocycles. The van der Waals surface area contributed by atoms with Gasteiger partial charge in [-0.1, -0.05) is 35.6 Å². The number of hydrogen-bond acceptors (Lipinski definition) is 7. The standard InChI is InChI=1S/C27H30N4O4S2/c1-5-31(21-10-7-6-8-11-21)37(33,34)22-16-14-20(15-17-22)26(32)30(19-18-29(2)3)27-28-25-23(35-4)12-9-13-24(25)36-27/h6-17H,5,18-19H2,1-4H3. The summed E-state index contributed by atoms with van der Waals surface area (Å²) in [6.45, 7) is 3.13. The van der Waals surface area contributed by atoms with E-state index in [1.807, 2.05) is 43.3 Å². The summed E-state index contributed by atoms with van der Waals surface area (Å²) in [4.78, 5) is 22.1. The van der Waals surface area contributed by atoms with Gasteiger partial charge in [0, 0.05) is 25.2 Å². The van der Waals surface area contributed by atoms with E-state index in [0.29, 0.717) is 40.7 Å². The molecule has 1 aromatic heterocycles. The Morgan fingerprint density at radius 1 is 0.946 bits per heavy atom. The van der Waals surface area contributed by atoms with E-state index >= 15 is 0 Å². The highest BCUT2D eigenvalue weighted by atomic mass is 32.2. The number of para-hydroxylation sites is 2. The van der Waals surface area contributed by atoms with Gasteiger partial charge >= 0.3 is 0 Å². The molecule has 0 atom stereocenters. The van der Waals surface area contributed by atoms with E-state index in [1.54, 1.807) is 55.3 Å². The van der Waals surface area contributed by atoms with Gasteiger partial charge in [-0.05, 0) is 69.6 Å². The summed E-state index contributed by atoms with van der Waals surface area (Å²) in [5.41, 5.74) is 1.67. The molecule has 194 valence electrons. The quantitative estimate of drug-likeness (QED) is 0.290. The molecule has 10 heteroatoms. The van der Waals surface area contributed by atoms with Crippen LogP contribution in [0, 0.1) is 0 Å². The van der Waals surface area contributed by atoms with Crippen molar-refractivity contribution >= 4 is 48.3 Å². The van der Waals surface area contributed by atoms with Crippen LogP contribution in [-0.4, -0.2) is 65.0 Å². The third kappa shape index (κ3) is 5.61. The normalized spacial score (nSPS) is 11.6. The Morgan fingerprint density at radius 3 is 2.27 bits per heavy atom. The molecular weight excluding hydrogens is 508 g/mol. The number of rotatable bonds is 10. The molecule has 37 heavy (non-hydrogen) atoms. The van der Waals surface area contributed by atoms with Gasteiger partial charge in [0.25, 0.3) is 15.9 Å². The number of thiazole rings is 1. The maximum absolute atomic E-state index is 13.6. The number of anilines is 2. The number of amides is 1. The average Bonchev–Trinajstić information content (AvgIpc) is 3.33. The molecule has 0 fully saturated rings. The van der Waals surface area contributed by atoms with Crippen LogP contribution < -0.4 is 13.9 Å². The fourth-order valence-corrected chi connectivity index (χ4v) is 6.40.